The fourth-order valence-electron chi connectivity index (χ4n) is 1.43. The van der Waals surface area contributed by atoms with E-state index < -0.39 is 15.9 Å². The summed E-state index contributed by atoms with van der Waals surface area (Å²) in [4.78, 5) is 22.6. The fourth-order valence-corrected chi connectivity index (χ4v) is 1.43. The third-order valence-electron chi connectivity index (χ3n) is 3.86. The van der Waals surface area contributed by atoms with Crippen molar-refractivity contribution in [2.75, 3.05) is 5.32 Å². The molecule has 110 valence electrons. The van der Waals surface area contributed by atoms with Gasteiger partial charge in [-0.05, 0) is 40.2 Å². The second-order valence-electron chi connectivity index (χ2n) is 6.06. The number of nitrogens with two attached hydrogens (primary N) is 1. The number of nitro benzene ring substituents is 1. The maximum absolute atomic E-state index is 12.4. The molecule has 3 N–H and O–H groups in total. The van der Waals surface area contributed by atoms with Crippen LogP contribution in [0.5, 0.6) is 0 Å². The van der Waals surface area contributed by atoms with Crippen LogP contribution in [0.25, 0.3) is 0 Å². The predicted octanol–water partition coefficient (Wildman–Crippen LogP) is 2.61. The first-order chi connectivity index (χ1) is 8.96. The van der Waals surface area contributed by atoms with E-state index in [-0.39, 0.29) is 11.6 Å². The number of anilines is 1. The first-order valence-electron chi connectivity index (χ1n) is 6.32. The molecule has 0 aliphatic carbocycles. The number of benzene rings is 1. The lowest BCUT2D eigenvalue weighted by molar-refractivity contribution is -0.384. The third kappa shape index (κ3) is 3.14. The number of rotatable bonds is 4. The highest BCUT2D eigenvalue weighted by molar-refractivity contribution is 5.96. The van der Waals surface area contributed by atoms with Crippen molar-refractivity contribution < 1.29 is 9.72 Å². The molecule has 1 amide bonds. The molecule has 0 aliphatic heterocycles. The molecule has 1 rings (SSSR count). The zero-order chi connectivity index (χ0) is 15.7. The normalized spacial score (nSPS) is 12.1. The van der Waals surface area contributed by atoms with Crippen molar-refractivity contribution in [2.24, 2.45) is 11.1 Å². The quantitative estimate of drug-likeness (QED) is 0.653. The van der Waals surface area contributed by atoms with Crippen molar-refractivity contribution in [1.82, 2.24) is 0 Å². The van der Waals surface area contributed by atoms with Gasteiger partial charge in [-0.1, -0.05) is 6.07 Å². The maximum Gasteiger partial charge on any atom is 0.271 e. The minimum absolute atomic E-state index is 0.0595. The Labute approximate surface area is 118 Å². The highest BCUT2D eigenvalue weighted by Crippen LogP contribution is 2.31. The highest BCUT2D eigenvalue weighted by Gasteiger charge is 2.40. The number of non-ortho nitro benzene ring substituents is 1. The molecular formula is C14H21N3O3. The monoisotopic (exact) mass is 279 g/mol. The molecule has 0 atom stereocenters. The topological polar surface area (TPSA) is 98.3 Å². The van der Waals surface area contributed by atoms with E-state index >= 15 is 0 Å². The molecule has 0 radical (unpaired) electrons. The van der Waals surface area contributed by atoms with Crippen LogP contribution in [-0.4, -0.2) is 16.4 Å². The third-order valence-corrected chi connectivity index (χ3v) is 3.86. The number of carbonyl (C=O) groups is 1. The molecule has 0 heterocycles. The van der Waals surface area contributed by atoms with E-state index in [2.05, 4.69) is 5.32 Å². The number of hydrogen-bond acceptors (Lipinski definition) is 4. The molecule has 0 spiro atoms. The summed E-state index contributed by atoms with van der Waals surface area (Å²) in [5, 5.41) is 13.5. The Morgan fingerprint density at radius 3 is 2.30 bits per heavy atom. The van der Waals surface area contributed by atoms with Crippen LogP contribution in [-0.2, 0) is 4.79 Å². The number of hydrogen-bond donors (Lipinski definition) is 2. The molecule has 0 bridgehead atoms. The number of carbonyl (C=O) groups excluding carboxylic acids is 1. The fraction of sp³-hybridized carbons (Fsp3) is 0.500. The van der Waals surface area contributed by atoms with Crippen LogP contribution in [0.4, 0.5) is 11.4 Å². The predicted molar refractivity (Wildman–Crippen MR) is 78.5 cm³/mol. The number of nitrogens with zero attached hydrogens (tertiary/aromatic N) is 1. The van der Waals surface area contributed by atoms with E-state index in [1.807, 2.05) is 0 Å². The van der Waals surface area contributed by atoms with Gasteiger partial charge in [0.15, 0.2) is 0 Å². The summed E-state index contributed by atoms with van der Waals surface area (Å²) in [6, 6.07) is 4.37. The van der Waals surface area contributed by atoms with Crippen molar-refractivity contribution in [1.29, 1.82) is 0 Å². The molecule has 0 saturated carbocycles. The summed E-state index contributed by atoms with van der Waals surface area (Å²) in [6.45, 7) is 8.81. The van der Waals surface area contributed by atoms with Crippen molar-refractivity contribution in [3.63, 3.8) is 0 Å². The maximum atomic E-state index is 12.4. The van der Waals surface area contributed by atoms with Crippen LogP contribution in [0.15, 0.2) is 18.2 Å². The van der Waals surface area contributed by atoms with Gasteiger partial charge in [-0.25, -0.2) is 0 Å². The zero-order valence-electron chi connectivity index (χ0n) is 12.5. The number of nitrogens with one attached hydrogen (secondary N) is 1. The van der Waals surface area contributed by atoms with Gasteiger partial charge in [0.2, 0.25) is 5.91 Å². The summed E-state index contributed by atoms with van der Waals surface area (Å²) in [7, 11) is 0. The smallest absolute Gasteiger partial charge is 0.271 e. The molecule has 6 nitrogen and oxygen atoms in total. The SMILES string of the molecule is Cc1ccc([N+](=O)[O-])cc1NC(=O)C(C)(C)C(C)(C)N. The van der Waals surface area contributed by atoms with E-state index in [0.717, 1.165) is 5.56 Å². The van der Waals surface area contributed by atoms with E-state index in [1.165, 1.54) is 12.1 Å². The number of amides is 1. The summed E-state index contributed by atoms with van der Waals surface area (Å²) in [6.07, 6.45) is 0. The van der Waals surface area contributed by atoms with Gasteiger partial charge in [0.1, 0.15) is 0 Å². The van der Waals surface area contributed by atoms with E-state index in [4.69, 9.17) is 5.73 Å². The Bertz CT molecular complexity index is 545. The minimum atomic E-state index is -0.815. The van der Waals surface area contributed by atoms with Gasteiger partial charge >= 0.3 is 0 Å². The molecule has 20 heavy (non-hydrogen) atoms. The lowest BCUT2D eigenvalue weighted by Crippen LogP contribution is -2.53. The van der Waals surface area contributed by atoms with Gasteiger partial charge in [-0.15, -0.1) is 0 Å². The lowest BCUT2D eigenvalue weighted by atomic mass is 9.74. The molecule has 0 aliphatic rings. The largest absolute Gasteiger partial charge is 0.325 e. The Kier molecular flexibility index (Phi) is 4.19. The van der Waals surface area contributed by atoms with Crippen molar-refractivity contribution in [3.8, 4) is 0 Å². The van der Waals surface area contributed by atoms with Crippen molar-refractivity contribution in [2.45, 2.75) is 40.2 Å². The molecular weight excluding hydrogens is 258 g/mol. The number of aryl methyl sites for hydroxylation is 1. The van der Waals surface area contributed by atoms with E-state index in [9.17, 15) is 14.9 Å². The van der Waals surface area contributed by atoms with Gasteiger partial charge in [0.05, 0.1) is 16.0 Å². The summed E-state index contributed by atoms with van der Waals surface area (Å²) >= 11 is 0. The van der Waals surface area contributed by atoms with Gasteiger partial charge in [-0.2, -0.15) is 0 Å². The van der Waals surface area contributed by atoms with E-state index in [1.54, 1.807) is 40.7 Å². The number of nitro groups is 1. The van der Waals surface area contributed by atoms with Gasteiger partial charge < -0.3 is 11.1 Å². The van der Waals surface area contributed by atoms with Crippen molar-refractivity contribution >= 4 is 17.3 Å². The van der Waals surface area contributed by atoms with Gasteiger partial charge in [-0.3, -0.25) is 14.9 Å². The highest BCUT2D eigenvalue weighted by atomic mass is 16.6. The molecule has 0 aromatic heterocycles. The van der Waals surface area contributed by atoms with E-state index in [0.29, 0.717) is 5.69 Å². The minimum Gasteiger partial charge on any atom is -0.325 e. The van der Waals surface area contributed by atoms with Crippen LogP contribution >= 0.6 is 0 Å². The Morgan fingerprint density at radius 2 is 1.85 bits per heavy atom. The summed E-state index contributed by atoms with van der Waals surface area (Å²) in [5.41, 5.74) is 5.61. The van der Waals surface area contributed by atoms with Crippen LogP contribution in [0, 0.1) is 22.5 Å². The Morgan fingerprint density at radius 1 is 1.30 bits per heavy atom. The molecule has 1 aromatic carbocycles. The first-order valence-corrected chi connectivity index (χ1v) is 6.32. The second kappa shape index (κ2) is 5.20. The average Bonchev–Trinajstić information content (AvgIpc) is 2.29. The van der Waals surface area contributed by atoms with Crippen LogP contribution in [0.1, 0.15) is 33.3 Å². The lowest BCUT2D eigenvalue weighted by Gasteiger charge is -2.37. The average molecular weight is 279 g/mol. The van der Waals surface area contributed by atoms with Crippen LogP contribution < -0.4 is 11.1 Å². The van der Waals surface area contributed by atoms with Crippen LogP contribution in [0.2, 0.25) is 0 Å². The molecule has 6 heteroatoms. The molecule has 0 saturated heterocycles. The zero-order valence-corrected chi connectivity index (χ0v) is 12.5. The molecule has 0 unspecified atom stereocenters. The summed E-state index contributed by atoms with van der Waals surface area (Å²) < 4.78 is 0. The Balaban J connectivity index is 3.08. The molecule has 0 fully saturated rings. The van der Waals surface area contributed by atoms with Crippen molar-refractivity contribution in [3.05, 3.63) is 33.9 Å². The first kappa shape index (κ1) is 16.1. The van der Waals surface area contributed by atoms with Crippen LogP contribution in [0.3, 0.4) is 0 Å². The Hall–Kier alpha value is -1.95. The summed E-state index contributed by atoms with van der Waals surface area (Å²) in [5.74, 6) is -0.270. The standard InChI is InChI=1S/C14H21N3O3/c1-9-6-7-10(17(19)20)8-11(9)16-12(18)13(2,3)14(4,5)15/h6-8H,15H2,1-5H3,(H,16,18). The molecule has 1 aromatic rings. The van der Waals surface area contributed by atoms with Gasteiger partial charge in [0.25, 0.3) is 5.69 Å². The second-order valence-corrected chi connectivity index (χ2v) is 6.06. The van der Waals surface area contributed by atoms with Gasteiger partial charge in [0, 0.05) is 17.7 Å².